The summed E-state index contributed by atoms with van der Waals surface area (Å²) in [6.07, 6.45) is 5.13. The van der Waals surface area contributed by atoms with E-state index in [9.17, 15) is 10.4 Å². The van der Waals surface area contributed by atoms with E-state index in [1.165, 1.54) is 0 Å². The average molecular weight is 455 g/mol. The van der Waals surface area contributed by atoms with Gasteiger partial charge in [-0.25, -0.2) is 9.50 Å². The quantitative estimate of drug-likeness (QED) is 0.611. The molecule has 8 nitrogen and oxygen atoms in total. The molecule has 0 bridgehead atoms. The van der Waals surface area contributed by atoms with Gasteiger partial charge in [-0.2, -0.15) is 10.4 Å². The monoisotopic (exact) mass is 454 g/mol. The Morgan fingerprint density at radius 1 is 1.25 bits per heavy atom. The van der Waals surface area contributed by atoms with Crippen LogP contribution >= 0.6 is 12.4 Å². The van der Waals surface area contributed by atoms with Crippen LogP contribution < -0.4 is 15.0 Å². The fraction of sp³-hybridized carbons (Fsp3) is 0.435. The number of hydrogen-bond donors (Lipinski definition) is 2. The summed E-state index contributed by atoms with van der Waals surface area (Å²) in [6.45, 7) is 7.79. The molecule has 0 saturated carbocycles. The summed E-state index contributed by atoms with van der Waals surface area (Å²) in [6, 6.07) is 8.19. The van der Waals surface area contributed by atoms with E-state index in [2.05, 4.69) is 21.4 Å². The van der Waals surface area contributed by atoms with Crippen LogP contribution in [0.3, 0.4) is 0 Å². The number of ether oxygens (including phenoxy) is 1. The van der Waals surface area contributed by atoms with Crippen molar-refractivity contribution in [2.24, 2.45) is 11.8 Å². The van der Waals surface area contributed by atoms with Gasteiger partial charge in [0.25, 0.3) is 0 Å². The van der Waals surface area contributed by atoms with Gasteiger partial charge in [-0.15, -0.1) is 12.4 Å². The Morgan fingerprint density at radius 2 is 2.00 bits per heavy atom. The number of aromatic nitrogens is 3. The van der Waals surface area contributed by atoms with Gasteiger partial charge in [-0.1, -0.05) is 0 Å². The maximum atomic E-state index is 10.0. The lowest BCUT2D eigenvalue weighted by Crippen LogP contribution is -2.27. The van der Waals surface area contributed by atoms with Gasteiger partial charge in [0, 0.05) is 43.5 Å². The lowest BCUT2D eigenvalue weighted by Gasteiger charge is -2.19. The van der Waals surface area contributed by atoms with Crippen LogP contribution in [-0.2, 0) is 0 Å². The zero-order valence-corrected chi connectivity index (χ0v) is 19.0. The van der Waals surface area contributed by atoms with E-state index < -0.39 is 5.60 Å². The second-order valence-corrected chi connectivity index (χ2v) is 9.14. The summed E-state index contributed by atoms with van der Waals surface area (Å²) in [7, 11) is 0. The van der Waals surface area contributed by atoms with Crippen LogP contribution in [0.15, 0.2) is 36.8 Å². The second-order valence-electron chi connectivity index (χ2n) is 9.14. The number of nitrogens with one attached hydrogen (secondary N) is 1. The molecule has 2 atom stereocenters. The van der Waals surface area contributed by atoms with Gasteiger partial charge in [0.15, 0.2) is 0 Å². The SMILES string of the molecule is CC(C)(O)COc1cc(-c2ccc(N3C[C@H]4CNC[C@H]4C3)nc2)c2c(C#N)cnn2c1.Cl. The fourth-order valence-corrected chi connectivity index (χ4v) is 4.51. The van der Waals surface area contributed by atoms with E-state index in [0.717, 1.165) is 48.6 Å². The van der Waals surface area contributed by atoms with Gasteiger partial charge >= 0.3 is 0 Å². The lowest BCUT2D eigenvalue weighted by atomic mass is 10.0. The van der Waals surface area contributed by atoms with Crippen LogP contribution in [0.1, 0.15) is 19.4 Å². The number of hydrogen-bond acceptors (Lipinski definition) is 7. The first kappa shape index (κ1) is 22.3. The van der Waals surface area contributed by atoms with Crippen molar-refractivity contribution < 1.29 is 9.84 Å². The Morgan fingerprint density at radius 3 is 2.62 bits per heavy atom. The number of aliphatic hydroxyl groups is 1. The van der Waals surface area contributed by atoms with Crippen LogP contribution in [0.2, 0.25) is 0 Å². The molecule has 3 aromatic rings. The minimum Gasteiger partial charge on any atom is -0.489 e. The first-order valence-electron chi connectivity index (χ1n) is 10.6. The van der Waals surface area contributed by atoms with Gasteiger partial charge in [-0.3, -0.25) is 0 Å². The molecule has 2 aliphatic heterocycles. The van der Waals surface area contributed by atoms with Gasteiger partial charge in [0.1, 0.15) is 24.2 Å². The standard InChI is InChI=1S/C23H26N6O2.ClH/c1-23(2,30)14-31-19-5-20(22-16(6-24)10-27-29(22)13-19)15-3-4-21(26-9-15)28-11-17-7-25-8-18(17)12-28;/h3-5,9-10,13,17-18,25,30H,7-8,11-12,14H2,1-2H3;1H/t17-,18+;. The topological polar surface area (TPSA) is 98.7 Å². The molecule has 0 aliphatic carbocycles. The molecule has 0 spiro atoms. The smallest absolute Gasteiger partial charge is 0.138 e. The first-order chi connectivity index (χ1) is 14.9. The normalized spacial score (nSPS) is 20.1. The van der Waals surface area contributed by atoms with Crippen LogP contribution in [0.4, 0.5) is 5.82 Å². The third-order valence-electron chi connectivity index (χ3n) is 6.07. The van der Waals surface area contributed by atoms with E-state index >= 15 is 0 Å². The van der Waals surface area contributed by atoms with Crippen molar-refractivity contribution in [3.63, 3.8) is 0 Å². The number of nitrogens with zero attached hydrogens (tertiary/aromatic N) is 5. The van der Waals surface area contributed by atoms with E-state index in [0.29, 0.717) is 23.1 Å². The highest BCUT2D eigenvalue weighted by molar-refractivity contribution is 5.85. The van der Waals surface area contributed by atoms with Crippen molar-refractivity contribution in [1.29, 1.82) is 5.26 Å². The van der Waals surface area contributed by atoms with Gasteiger partial charge in [-0.05, 0) is 43.9 Å². The molecule has 2 N–H and O–H groups in total. The Bertz CT molecular complexity index is 1140. The van der Waals surface area contributed by atoms with Crippen molar-refractivity contribution in [2.45, 2.75) is 19.4 Å². The predicted molar refractivity (Wildman–Crippen MR) is 124 cm³/mol. The number of anilines is 1. The molecule has 0 amide bonds. The number of fused-ring (bicyclic) bond motifs is 2. The van der Waals surface area contributed by atoms with Crippen molar-refractivity contribution in [3.05, 3.63) is 42.4 Å². The zero-order valence-electron chi connectivity index (χ0n) is 18.2. The molecule has 0 aromatic carbocycles. The maximum Gasteiger partial charge on any atom is 0.138 e. The van der Waals surface area contributed by atoms with Gasteiger partial charge in [0.2, 0.25) is 0 Å². The maximum absolute atomic E-state index is 10.0. The molecular weight excluding hydrogens is 428 g/mol. The van der Waals surface area contributed by atoms with Crippen molar-refractivity contribution in [2.75, 3.05) is 37.7 Å². The highest BCUT2D eigenvalue weighted by atomic mass is 35.5. The summed E-state index contributed by atoms with van der Waals surface area (Å²) < 4.78 is 7.45. The van der Waals surface area contributed by atoms with Crippen molar-refractivity contribution in [3.8, 4) is 22.9 Å². The van der Waals surface area contributed by atoms with Gasteiger partial charge < -0.3 is 20.1 Å². The highest BCUT2D eigenvalue weighted by Crippen LogP contribution is 2.33. The number of rotatable bonds is 5. The zero-order chi connectivity index (χ0) is 21.6. The van der Waals surface area contributed by atoms with E-state index in [-0.39, 0.29) is 19.0 Å². The number of nitriles is 1. The molecule has 5 rings (SSSR count). The molecule has 2 saturated heterocycles. The Kier molecular flexibility index (Phi) is 5.99. The molecule has 2 aliphatic rings. The minimum absolute atomic E-state index is 0. The number of halogens is 1. The van der Waals surface area contributed by atoms with E-state index in [4.69, 9.17) is 9.72 Å². The van der Waals surface area contributed by atoms with Crippen LogP contribution in [0, 0.1) is 23.2 Å². The summed E-state index contributed by atoms with van der Waals surface area (Å²) >= 11 is 0. The van der Waals surface area contributed by atoms with Gasteiger partial charge in [0.05, 0.1) is 29.1 Å². The van der Waals surface area contributed by atoms with Crippen LogP contribution in [-0.4, -0.2) is 58.1 Å². The molecule has 2 fully saturated rings. The summed E-state index contributed by atoms with van der Waals surface area (Å²) in [4.78, 5) is 7.10. The second kappa shape index (κ2) is 8.58. The summed E-state index contributed by atoms with van der Waals surface area (Å²) in [5.41, 5.74) is 1.97. The minimum atomic E-state index is -0.955. The predicted octanol–water partition coefficient (Wildman–Crippen LogP) is 2.50. The van der Waals surface area contributed by atoms with Crippen molar-refractivity contribution in [1.82, 2.24) is 19.9 Å². The van der Waals surface area contributed by atoms with Crippen LogP contribution in [0.5, 0.6) is 5.75 Å². The molecule has 0 radical (unpaired) electrons. The summed E-state index contributed by atoms with van der Waals surface area (Å²) in [5, 5.41) is 27.3. The van der Waals surface area contributed by atoms with Crippen LogP contribution in [0.25, 0.3) is 16.6 Å². The average Bonchev–Trinajstić information content (AvgIpc) is 3.45. The van der Waals surface area contributed by atoms with Crippen molar-refractivity contribution >= 4 is 23.7 Å². The Balaban J connectivity index is 0.00000245. The van der Waals surface area contributed by atoms with E-state index in [1.54, 1.807) is 30.8 Å². The Labute approximate surface area is 193 Å². The molecule has 0 unspecified atom stereocenters. The van der Waals surface area contributed by atoms with E-state index in [1.807, 2.05) is 24.4 Å². The molecule has 5 heterocycles. The third kappa shape index (κ3) is 4.24. The lowest BCUT2D eigenvalue weighted by molar-refractivity contribution is 0.0283. The molecule has 32 heavy (non-hydrogen) atoms. The highest BCUT2D eigenvalue weighted by Gasteiger charge is 2.36. The molecule has 168 valence electrons. The molecule has 3 aromatic heterocycles. The molecule has 9 heteroatoms. The third-order valence-corrected chi connectivity index (χ3v) is 6.07. The number of pyridine rings is 2. The summed E-state index contributed by atoms with van der Waals surface area (Å²) in [5.74, 6) is 2.96. The Hall–Kier alpha value is -2.86. The molecular formula is C23H27ClN6O2. The largest absolute Gasteiger partial charge is 0.489 e. The fourth-order valence-electron chi connectivity index (χ4n) is 4.51. The first-order valence-corrected chi connectivity index (χ1v) is 10.6.